The van der Waals surface area contributed by atoms with Gasteiger partial charge in [0.05, 0.1) is 0 Å². The van der Waals surface area contributed by atoms with Gasteiger partial charge in [-0.3, -0.25) is 4.79 Å². The Kier molecular flexibility index (Phi) is 4.84. The minimum Gasteiger partial charge on any atom is -0.342 e. The molecule has 98 valence electrons. The molecule has 0 bridgehead atoms. The van der Waals surface area contributed by atoms with Crippen molar-refractivity contribution in [1.82, 2.24) is 10.2 Å². The Bertz CT molecular complexity index is 249. The van der Waals surface area contributed by atoms with Gasteiger partial charge in [0, 0.05) is 19.5 Å². The average molecular weight is 238 g/mol. The van der Waals surface area contributed by atoms with Crippen molar-refractivity contribution >= 4 is 5.91 Å². The fourth-order valence-corrected chi connectivity index (χ4v) is 3.09. The summed E-state index contributed by atoms with van der Waals surface area (Å²) in [5.41, 5.74) is 0. The number of nitrogens with one attached hydrogen (secondary N) is 1. The van der Waals surface area contributed by atoms with Gasteiger partial charge in [0.2, 0.25) is 5.91 Å². The van der Waals surface area contributed by atoms with Gasteiger partial charge in [-0.15, -0.1) is 0 Å². The summed E-state index contributed by atoms with van der Waals surface area (Å²) >= 11 is 0. The highest BCUT2D eigenvalue weighted by molar-refractivity contribution is 5.76. The first-order chi connectivity index (χ1) is 8.29. The van der Waals surface area contributed by atoms with Crippen LogP contribution < -0.4 is 5.32 Å². The predicted molar refractivity (Wildman–Crippen MR) is 69.8 cm³/mol. The van der Waals surface area contributed by atoms with Gasteiger partial charge < -0.3 is 10.2 Å². The topological polar surface area (TPSA) is 32.3 Å². The standard InChI is InChI=1S/C14H26N2O/c1-2-12-5-6-14(17)16(9-7-12)11-13-4-3-8-15-10-13/h12-13,15H,2-11H2,1H3. The number of piperidine rings is 1. The van der Waals surface area contributed by atoms with Crippen LogP contribution in [-0.4, -0.2) is 37.0 Å². The van der Waals surface area contributed by atoms with E-state index in [-0.39, 0.29) is 0 Å². The highest BCUT2D eigenvalue weighted by Crippen LogP contribution is 2.22. The monoisotopic (exact) mass is 238 g/mol. The van der Waals surface area contributed by atoms with Crippen LogP contribution >= 0.6 is 0 Å². The molecule has 2 rings (SSSR count). The molecule has 2 fully saturated rings. The van der Waals surface area contributed by atoms with E-state index in [9.17, 15) is 4.79 Å². The number of carbonyl (C=O) groups excluding carboxylic acids is 1. The molecule has 0 saturated carbocycles. The van der Waals surface area contributed by atoms with Gasteiger partial charge in [-0.25, -0.2) is 0 Å². The molecule has 17 heavy (non-hydrogen) atoms. The van der Waals surface area contributed by atoms with Gasteiger partial charge in [-0.2, -0.15) is 0 Å². The molecule has 0 spiro atoms. The molecule has 0 aromatic rings. The lowest BCUT2D eigenvalue weighted by atomic mass is 9.98. The second kappa shape index (κ2) is 6.39. The van der Waals surface area contributed by atoms with E-state index < -0.39 is 0 Å². The summed E-state index contributed by atoms with van der Waals surface area (Å²) in [4.78, 5) is 14.2. The summed E-state index contributed by atoms with van der Waals surface area (Å²) in [6.45, 7) is 6.48. The van der Waals surface area contributed by atoms with E-state index in [1.807, 2.05) is 0 Å². The van der Waals surface area contributed by atoms with E-state index in [0.29, 0.717) is 11.8 Å². The van der Waals surface area contributed by atoms with Crippen LogP contribution in [0.25, 0.3) is 0 Å². The number of amides is 1. The molecule has 3 heteroatoms. The van der Waals surface area contributed by atoms with Crippen molar-refractivity contribution in [3.05, 3.63) is 0 Å². The smallest absolute Gasteiger partial charge is 0.222 e. The summed E-state index contributed by atoms with van der Waals surface area (Å²) in [6.07, 6.45) is 6.88. The fraction of sp³-hybridized carbons (Fsp3) is 0.929. The Labute approximate surface area is 105 Å². The summed E-state index contributed by atoms with van der Waals surface area (Å²) in [7, 11) is 0. The third-order valence-corrected chi connectivity index (χ3v) is 4.38. The second-order valence-corrected chi connectivity index (χ2v) is 5.65. The molecule has 2 atom stereocenters. The molecule has 0 aliphatic carbocycles. The van der Waals surface area contributed by atoms with E-state index >= 15 is 0 Å². The molecule has 1 N–H and O–H groups in total. The summed E-state index contributed by atoms with van der Waals surface area (Å²) in [5.74, 6) is 1.85. The number of likely N-dealkylation sites (tertiary alicyclic amines) is 1. The van der Waals surface area contributed by atoms with Crippen molar-refractivity contribution in [3.8, 4) is 0 Å². The van der Waals surface area contributed by atoms with E-state index in [2.05, 4.69) is 17.1 Å². The van der Waals surface area contributed by atoms with Crippen LogP contribution in [0.4, 0.5) is 0 Å². The molecule has 2 heterocycles. The number of rotatable bonds is 3. The van der Waals surface area contributed by atoms with Crippen LogP contribution in [0.15, 0.2) is 0 Å². The first kappa shape index (κ1) is 12.9. The summed E-state index contributed by atoms with van der Waals surface area (Å²) < 4.78 is 0. The van der Waals surface area contributed by atoms with Crippen LogP contribution in [0.3, 0.4) is 0 Å². The van der Waals surface area contributed by atoms with Crippen molar-refractivity contribution in [2.75, 3.05) is 26.2 Å². The molecule has 2 saturated heterocycles. The van der Waals surface area contributed by atoms with Gasteiger partial charge in [-0.05, 0) is 50.6 Å². The van der Waals surface area contributed by atoms with Crippen LogP contribution in [0.1, 0.15) is 45.4 Å². The summed E-state index contributed by atoms with van der Waals surface area (Å²) in [6, 6.07) is 0. The highest BCUT2D eigenvalue weighted by Gasteiger charge is 2.24. The average Bonchev–Trinajstić information content (AvgIpc) is 2.54. The maximum Gasteiger partial charge on any atom is 0.222 e. The van der Waals surface area contributed by atoms with Gasteiger partial charge >= 0.3 is 0 Å². The second-order valence-electron chi connectivity index (χ2n) is 5.65. The highest BCUT2D eigenvalue weighted by atomic mass is 16.2. The van der Waals surface area contributed by atoms with Crippen molar-refractivity contribution in [2.24, 2.45) is 11.8 Å². The van der Waals surface area contributed by atoms with Crippen molar-refractivity contribution in [1.29, 1.82) is 0 Å². The van der Waals surface area contributed by atoms with Crippen LogP contribution in [0, 0.1) is 11.8 Å². The SMILES string of the molecule is CCC1CCC(=O)N(CC2CCCNC2)CC1. The zero-order valence-electron chi connectivity index (χ0n) is 11.1. The first-order valence-electron chi connectivity index (χ1n) is 7.28. The lowest BCUT2D eigenvalue weighted by molar-refractivity contribution is -0.131. The third kappa shape index (κ3) is 3.70. The van der Waals surface area contributed by atoms with Gasteiger partial charge in [0.15, 0.2) is 0 Å². The van der Waals surface area contributed by atoms with E-state index in [4.69, 9.17) is 0 Å². The van der Waals surface area contributed by atoms with Gasteiger partial charge in [-0.1, -0.05) is 13.3 Å². The van der Waals surface area contributed by atoms with Crippen molar-refractivity contribution in [3.63, 3.8) is 0 Å². The van der Waals surface area contributed by atoms with Crippen LogP contribution in [0.2, 0.25) is 0 Å². The molecule has 3 nitrogen and oxygen atoms in total. The van der Waals surface area contributed by atoms with E-state index in [0.717, 1.165) is 44.9 Å². The lowest BCUT2D eigenvalue weighted by Crippen LogP contribution is -2.40. The lowest BCUT2D eigenvalue weighted by Gasteiger charge is -2.29. The molecule has 0 aromatic heterocycles. The Hall–Kier alpha value is -0.570. The predicted octanol–water partition coefficient (Wildman–Crippen LogP) is 2.02. The third-order valence-electron chi connectivity index (χ3n) is 4.38. The Morgan fingerprint density at radius 1 is 1.29 bits per heavy atom. The maximum absolute atomic E-state index is 12.1. The molecular formula is C14H26N2O. The zero-order chi connectivity index (χ0) is 12.1. The number of nitrogens with zero attached hydrogens (tertiary/aromatic N) is 1. The number of hydrogen-bond donors (Lipinski definition) is 1. The van der Waals surface area contributed by atoms with E-state index in [1.165, 1.54) is 25.7 Å². The van der Waals surface area contributed by atoms with Crippen molar-refractivity contribution < 1.29 is 4.79 Å². The summed E-state index contributed by atoms with van der Waals surface area (Å²) in [5, 5.41) is 3.44. The maximum atomic E-state index is 12.1. The first-order valence-corrected chi connectivity index (χ1v) is 7.28. The molecule has 2 aliphatic heterocycles. The largest absolute Gasteiger partial charge is 0.342 e. The molecule has 1 amide bonds. The fourth-order valence-electron chi connectivity index (χ4n) is 3.09. The Morgan fingerprint density at radius 3 is 2.88 bits per heavy atom. The number of carbonyl (C=O) groups is 1. The molecule has 2 unspecified atom stereocenters. The molecule has 0 radical (unpaired) electrons. The Balaban J connectivity index is 1.83. The van der Waals surface area contributed by atoms with E-state index in [1.54, 1.807) is 0 Å². The van der Waals surface area contributed by atoms with Crippen LogP contribution in [-0.2, 0) is 4.79 Å². The number of hydrogen-bond acceptors (Lipinski definition) is 2. The minimum absolute atomic E-state index is 0.395. The van der Waals surface area contributed by atoms with Crippen LogP contribution in [0.5, 0.6) is 0 Å². The zero-order valence-corrected chi connectivity index (χ0v) is 11.1. The molecular weight excluding hydrogens is 212 g/mol. The minimum atomic E-state index is 0.395. The van der Waals surface area contributed by atoms with Gasteiger partial charge in [0.1, 0.15) is 0 Å². The normalized spacial score (nSPS) is 31.4. The Morgan fingerprint density at radius 2 is 2.18 bits per heavy atom. The molecule has 0 aromatic carbocycles. The van der Waals surface area contributed by atoms with Crippen molar-refractivity contribution in [2.45, 2.75) is 45.4 Å². The van der Waals surface area contributed by atoms with Gasteiger partial charge in [0.25, 0.3) is 0 Å². The molecule has 2 aliphatic rings. The quantitative estimate of drug-likeness (QED) is 0.816.